The van der Waals surface area contributed by atoms with Gasteiger partial charge in [-0.05, 0) is 19.8 Å². The Kier molecular flexibility index (Phi) is 3.42. The fourth-order valence-corrected chi connectivity index (χ4v) is 2.25. The zero-order chi connectivity index (χ0) is 12.4. The van der Waals surface area contributed by atoms with E-state index in [1.807, 2.05) is 6.92 Å². The zero-order valence-electron chi connectivity index (χ0n) is 9.55. The highest BCUT2D eigenvalue weighted by molar-refractivity contribution is 7.09. The molecular weight excluding hydrogens is 240 g/mol. The second-order valence-electron chi connectivity index (χ2n) is 4.13. The molecule has 1 aliphatic carbocycles. The van der Waals surface area contributed by atoms with E-state index >= 15 is 0 Å². The molecule has 1 N–H and O–H groups in total. The van der Waals surface area contributed by atoms with E-state index in [4.69, 9.17) is 5.11 Å². The molecule has 1 heterocycles. The maximum Gasteiger partial charge on any atom is 0.305 e. The molecule has 6 heteroatoms. The van der Waals surface area contributed by atoms with Crippen LogP contribution < -0.4 is 0 Å². The zero-order valence-corrected chi connectivity index (χ0v) is 10.4. The van der Waals surface area contributed by atoms with Crippen LogP contribution in [0.15, 0.2) is 5.38 Å². The quantitative estimate of drug-likeness (QED) is 0.865. The van der Waals surface area contributed by atoms with Crippen molar-refractivity contribution in [2.24, 2.45) is 0 Å². The number of rotatable bonds is 5. The molecule has 5 nitrogen and oxygen atoms in total. The number of aromatic nitrogens is 1. The number of nitrogens with zero attached hydrogens (tertiary/aromatic N) is 2. The number of carbonyl (C=O) groups is 2. The van der Waals surface area contributed by atoms with E-state index in [9.17, 15) is 9.59 Å². The number of amides is 1. The molecule has 1 saturated carbocycles. The first kappa shape index (κ1) is 12.0. The summed E-state index contributed by atoms with van der Waals surface area (Å²) in [5.41, 5.74) is 0.435. The Labute approximate surface area is 103 Å². The first-order chi connectivity index (χ1) is 8.08. The molecule has 0 saturated heterocycles. The van der Waals surface area contributed by atoms with Crippen molar-refractivity contribution in [3.05, 3.63) is 16.1 Å². The van der Waals surface area contributed by atoms with Crippen molar-refractivity contribution in [2.75, 3.05) is 6.54 Å². The van der Waals surface area contributed by atoms with Crippen LogP contribution in [0.3, 0.4) is 0 Å². The molecule has 1 aliphatic rings. The molecule has 0 spiro atoms. The van der Waals surface area contributed by atoms with Crippen molar-refractivity contribution in [1.29, 1.82) is 0 Å². The van der Waals surface area contributed by atoms with Crippen LogP contribution in [-0.4, -0.2) is 39.5 Å². The van der Waals surface area contributed by atoms with E-state index in [1.165, 1.54) is 11.3 Å². The lowest BCUT2D eigenvalue weighted by molar-refractivity contribution is -0.137. The summed E-state index contributed by atoms with van der Waals surface area (Å²) < 4.78 is 0. The van der Waals surface area contributed by atoms with Crippen molar-refractivity contribution >= 4 is 23.2 Å². The van der Waals surface area contributed by atoms with Crippen LogP contribution >= 0.6 is 11.3 Å². The van der Waals surface area contributed by atoms with E-state index in [0.717, 1.165) is 17.8 Å². The summed E-state index contributed by atoms with van der Waals surface area (Å²) in [4.78, 5) is 28.5. The number of carboxylic acids is 1. The molecule has 0 unspecified atom stereocenters. The number of thiazole rings is 1. The summed E-state index contributed by atoms with van der Waals surface area (Å²) in [5, 5.41) is 11.2. The molecule has 1 aromatic heterocycles. The molecule has 1 amide bonds. The summed E-state index contributed by atoms with van der Waals surface area (Å²) in [7, 11) is 0. The van der Waals surface area contributed by atoms with Gasteiger partial charge in [0.15, 0.2) is 0 Å². The van der Waals surface area contributed by atoms with Gasteiger partial charge in [-0.25, -0.2) is 4.98 Å². The van der Waals surface area contributed by atoms with Crippen LogP contribution in [0.25, 0.3) is 0 Å². The first-order valence-corrected chi connectivity index (χ1v) is 6.41. The predicted molar refractivity (Wildman–Crippen MR) is 63.2 cm³/mol. The number of carbonyl (C=O) groups excluding carboxylic acids is 1. The monoisotopic (exact) mass is 254 g/mol. The van der Waals surface area contributed by atoms with E-state index < -0.39 is 5.97 Å². The maximum atomic E-state index is 12.1. The molecule has 1 aromatic rings. The SMILES string of the molecule is Cc1nc(C(=O)N(CCC(=O)O)C2CC2)cs1. The van der Waals surface area contributed by atoms with Crippen molar-refractivity contribution in [3.63, 3.8) is 0 Å². The number of carboxylic acid groups (broad SMARTS) is 1. The molecule has 2 rings (SSSR count). The highest BCUT2D eigenvalue weighted by atomic mass is 32.1. The average molecular weight is 254 g/mol. The topological polar surface area (TPSA) is 70.5 Å². The summed E-state index contributed by atoms with van der Waals surface area (Å²) in [6.45, 7) is 2.12. The summed E-state index contributed by atoms with van der Waals surface area (Å²) in [6, 6.07) is 0.212. The highest BCUT2D eigenvalue weighted by Crippen LogP contribution is 2.28. The molecular formula is C11H14N2O3S. The number of hydrogen-bond acceptors (Lipinski definition) is 4. The van der Waals surface area contributed by atoms with Gasteiger partial charge >= 0.3 is 5.97 Å². The number of aryl methyl sites for hydroxylation is 1. The predicted octanol–water partition coefficient (Wildman–Crippen LogP) is 1.53. The van der Waals surface area contributed by atoms with Gasteiger partial charge in [-0.3, -0.25) is 9.59 Å². The lowest BCUT2D eigenvalue weighted by Gasteiger charge is -2.20. The van der Waals surface area contributed by atoms with Crippen LogP contribution in [-0.2, 0) is 4.79 Å². The fourth-order valence-electron chi connectivity index (χ4n) is 1.66. The molecule has 0 aromatic carbocycles. The highest BCUT2D eigenvalue weighted by Gasteiger charge is 2.33. The Hall–Kier alpha value is -1.43. The minimum Gasteiger partial charge on any atom is -0.481 e. The number of aliphatic carboxylic acids is 1. The summed E-state index contributed by atoms with van der Waals surface area (Å²) in [6.07, 6.45) is 1.92. The van der Waals surface area contributed by atoms with Crippen LogP contribution in [0.5, 0.6) is 0 Å². The lowest BCUT2D eigenvalue weighted by atomic mass is 10.3. The molecule has 0 bridgehead atoms. The second kappa shape index (κ2) is 4.83. The van der Waals surface area contributed by atoms with Crippen LogP contribution in [0.4, 0.5) is 0 Å². The maximum absolute atomic E-state index is 12.1. The molecule has 17 heavy (non-hydrogen) atoms. The smallest absolute Gasteiger partial charge is 0.305 e. The largest absolute Gasteiger partial charge is 0.481 e. The standard InChI is InChI=1S/C11H14N2O3S/c1-7-12-9(6-17-7)11(16)13(8-2-3-8)5-4-10(14)15/h6,8H,2-5H2,1H3,(H,14,15). The Bertz CT molecular complexity index is 440. The second-order valence-corrected chi connectivity index (χ2v) is 5.19. The van der Waals surface area contributed by atoms with E-state index in [2.05, 4.69) is 4.98 Å². The molecule has 1 fully saturated rings. The van der Waals surface area contributed by atoms with Gasteiger partial charge < -0.3 is 10.0 Å². The lowest BCUT2D eigenvalue weighted by Crippen LogP contribution is -2.35. The van der Waals surface area contributed by atoms with Crippen molar-refractivity contribution in [3.8, 4) is 0 Å². The minimum absolute atomic E-state index is 0.00857. The Balaban J connectivity index is 2.05. The van der Waals surface area contributed by atoms with E-state index in [1.54, 1.807) is 10.3 Å². The van der Waals surface area contributed by atoms with E-state index in [0.29, 0.717) is 5.69 Å². The van der Waals surface area contributed by atoms with Crippen molar-refractivity contribution < 1.29 is 14.7 Å². The van der Waals surface area contributed by atoms with E-state index in [-0.39, 0.29) is 24.9 Å². The van der Waals surface area contributed by atoms with Gasteiger partial charge in [-0.2, -0.15) is 0 Å². The third-order valence-corrected chi connectivity index (χ3v) is 3.43. The Morgan fingerprint density at radius 1 is 1.59 bits per heavy atom. The fraction of sp³-hybridized carbons (Fsp3) is 0.545. The normalized spacial score (nSPS) is 14.6. The summed E-state index contributed by atoms with van der Waals surface area (Å²) >= 11 is 1.43. The van der Waals surface area contributed by atoms with Crippen molar-refractivity contribution in [1.82, 2.24) is 9.88 Å². The Morgan fingerprint density at radius 3 is 2.76 bits per heavy atom. The molecule has 0 aliphatic heterocycles. The van der Waals surface area contributed by atoms with Gasteiger partial charge in [-0.1, -0.05) is 0 Å². The third kappa shape index (κ3) is 3.03. The minimum atomic E-state index is -0.877. The van der Waals surface area contributed by atoms with Gasteiger partial charge in [0.05, 0.1) is 11.4 Å². The van der Waals surface area contributed by atoms with Gasteiger partial charge in [0, 0.05) is 18.0 Å². The Morgan fingerprint density at radius 2 is 2.29 bits per heavy atom. The van der Waals surface area contributed by atoms with Crippen LogP contribution in [0.1, 0.15) is 34.8 Å². The number of hydrogen-bond donors (Lipinski definition) is 1. The first-order valence-electron chi connectivity index (χ1n) is 5.53. The van der Waals surface area contributed by atoms with Gasteiger partial charge in [0.1, 0.15) is 5.69 Å². The summed E-state index contributed by atoms with van der Waals surface area (Å²) in [5.74, 6) is -1.02. The molecule has 0 radical (unpaired) electrons. The molecule has 92 valence electrons. The van der Waals surface area contributed by atoms with Gasteiger partial charge in [0.25, 0.3) is 5.91 Å². The third-order valence-electron chi connectivity index (χ3n) is 2.65. The van der Waals surface area contributed by atoms with Crippen LogP contribution in [0.2, 0.25) is 0 Å². The van der Waals surface area contributed by atoms with Gasteiger partial charge in [-0.15, -0.1) is 11.3 Å². The molecule has 0 atom stereocenters. The van der Waals surface area contributed by atoms with Crippen LogP contribution in [0, 0.1) is 6.92 Å². The van der Waals surface area contributed by atoms with Gasteiger partial charge in [0.2, 0.25) is 0 Å². The average Bonchev–Trinajstić information content (AvgIpc) is 3.00. The van der Waals surface area contributed by atoms with Crippen molar-refractivity contribution in [2.45, 2.75) is 32.2 Å².